The largest absolute Gasteiger partial charge is 0.491 e. The predicted octanol–water partition coefficient (Wildman–Crippen LogP) is 2.69. The molecule has 2 aromatic rings. The van der Waals surface area contributed by atoms with E-state index in [1.54, 1.807) is 0 Å². The summed E-state index contributed by atoms with van der Waals surface area (Å²) in [6, 6.07) is 8.00. The van der Waals surface area contributed by atoms with Crippen LogP contribution in [-0.4, -0.2) is 23.2 Å². The van der Waals surface area contributed by atoms with Crippen LogP contribution in [0.1, 0.15) is 10.4 Å². The molecule has 2 heterocycles. The lowest BCUT2D eigenvalue weighted by molar-refractivity contribution is 0.285. The number of para-hydroxylation sites is 1. The number of halogens is 1. The maximum Gasteiger partial charge on any atom is 0.187 e. The van der Waals surface area contributed by atoms with Gasteiger partial charge >= 0.3 is 0 Å². The van der Waals surface area contributed by atoms with E-state index in [0.29, 0.717) is 16.6 Å². The molecule has 0 spiro atoms. The Morgan fingerprint density at radius 3 is 3.05 bits per heavy atom. The van der Waals surface area contributed by atoms with Crippen LogP contribution in [0.15, 0.2) is 24.3 Å². The molecule has 0 radical (unpaired) electrons. The van der Waals surface area contributed by atoms with Gasteiger partial charge in [0.15, 0.2) is 5.13 Å². The fraction of sp³-hybridized carbons (Fsp3) is 0.308. The number of anilines is 1. The highest BCUT2D eigenvalue weighted by atomic mass is 35.5. The van der Waals surface area contributed by atoms with E-state index in [1.807, 2.05) is 18.2 Å². The first-order valence-electron chi connectivity index (χ1n) is 5.99. The van der Waals surface area contributed by atoms with Gasteiger partial charge in [0.1, 0.15) is 17.5 Å². The smallest absolute Gasteiger partial charge is 0.187 e. The quantitative estimate of drug-likeness (QED) is 0.925. The predicted molar refractivity (Wildman–Crippen MR) is 76.0 cm³/mol. The summed E-state index contributed by atoms with van der Waals surface area (Å²) < 4.78 is 5.72. The molecule has 0 bridgehead atoms. The van der Waals surface area contributed by atoms with E-state index in [4.69, 9.17) is 16.3 Å². The number of aliphatic hydroxyl groups is 1. The molecule has 6 heteroatoms. The molecule has 1 N–H and O–H groups in total. The molecule has 3 rings (SSSR count). The summed E-state index contributed by atoms with van der Waals surface area (Å²) in [7, 11) is 0. The number of benzene rings is 1. The Morgan fingerprint density at radius 2 is 2.26 bits per heavy atom. The van der Waals surface area contributed by atoms with Gasteiger partial charge in [-0.2, -0.15) is 0 Å². The van der Waals surface area contributed by atoms with Crippen molar-refractivity contribution in [2.24, 2.45) is 0 Å². The van der Waals surface area contributed by atoms with Crippen molar-refractivity contribution in [2.75, 3.05) is 18.1 Å². The molecular weight excluding hydrogens is 284 g/mol. The molecule has 1 aliphatic rings. The zero-order chi connectivity index (χ0) is 13.2. The molecule has 1 aliphatic heterocycles. The second-order valence-electron chi connectivity index (χ2n) is 4.25. The molecular formula is C13H13ClN2O2S. The van der Waals surface area contributed by atoms with Crippen molar-refractivity contribution in [3.8, 4) is 5.75 Å². The number of aliphatic hydroxyl groups excluding tert-OH is 1. The summed E-state index contributed by atoms with van der Waals surface area (Å²) in [5, 5.41) is 10.4. The van der Waals surface area contributed by atoms with Crippen molar-refractivity contribution in [3.63, 3.8) is 0 Å². The lowest BCUT2D eigenvalue weighted by atomic mass is 10.2. The second kappa shape index (κ2) is 5.36. The van der Waals surface area contributed by atoms with E-state index >= 15 is 0 Å². The SMILES string of the molecule is OCc1sc(N2CCOc3ccccc3C2)nc1Cl. The fourth-order valence-electron chi connectivity index (χ4n) is 2.04. The van der Waals surface area contributed by atoms with E-state index in [9.17, 15) is 5.11 Å². The normalized spacial score (nSPS) is 14.7. The van der Waals surface area contributed by atoms with Gasteiger partial charge in [0, 0.05) is 12.1 Å². The number of ether oxygens (including phenoxy) is 1. The average molecular weight is 297 g/mol. The molecule has 4 nitrogen and oxygen atoms in total. The number of hydrogen-bond acceptors (Lipinski definition) is 5. The van der Waals surface area contributed by atoms with Gasteiger partial charge in [-0.25, -0.2) is 4.98 Å². The Bertz CT molecular complexity index is 588. The number of aromatic nitrogens is 1. The van der Waals surface area contributed by atoms with E-state index in [-0.39, 0.29) is 6.61 Å². The molecule has 0 aliphatic carbocycles. The number of rotatable bonds is 2. The average Bonchev–Trinajstić information content (AvgIpc) is 2.68. The third kappa shape index (κ3) is 2.54. The summed E-state index contributed by atoms with van der Waals surface area (Å²) in [6.45, 7) is 2.04. The first kappa shape index (κ1) is 12.7. The summed E-state index contributed by atoms with van der Waals surface area (Å²) in [5.41, 5.74) is 1.14. The minimum absolute atomic E-state index is 0.0720. The molecule has 0 atom stereocenters. The second-order valence-corrected chi connectivity index (χ2v) is 5.67. The summed E-state index contributed by atoms with van der Waals surface area (Å²) >= 11 is 7.41. The molecule has 0 fully saturated rings. The Kier molecular flexibility index (Phi) is 3.59. The van der Waals surface area contributed by atoms with Crippen molar-refractivity contribution in [3.05, 3.63) is 39.9 Å². The van der Waals surface area contributed by atoms with E-state index < -0.39 is 0 Å². The van der Waals surface area contributed by atoms with Crippen LogP contribution < -0.4 is 9.64 Å². The molecule has 1 aromatic carbocycles. The molecule has 0 saturated carbocycles. The van der Waals surface area contributed by atoms with Crippen LogP contribution in [0.4, 0.5) is 5.13 Å². The number of fused-ring (bicyclic) bond motifs is 1. The van der Waals surface area contributed by atoms with Crippen LogP contribution in [0.5, 0.6) is 5.75 Å². The van der Waals surface area contributed by atoms with Crippen molar-refractivity contribution in [1.29, 1.82) is 0 Å². The standard InChI is InChI=1S/C13H13ClN2O2S/c14-12-11(8-17)19-13(15-12)16-5-6-18-10-4-2-1-3-9(10)7-16/h1-4,17H,5-8H2. The highest BCUT2D eigenvalue weighted by Crippen LogP contribution is 2.32. The minimum atomic E-state index is -0.0720. The molecule has 19 heavy (non-hydrogen) atoms. The van der Waals surface area contributed by atoms with Crippen LogP contribution in [0.25, 0.3) is 0 Å². The summed E-state index contributed by atoms with van der Waals surface area (Å²) in [5.74, 6) is 0.926. The van der Waals surface area contributed by atoms with Gasteiger partial charge in [-0.15, -0.1) is 0 Å². The van der Waals surface area contributed by atoms with Gasteiger partial charge in [-0.05, 0) is 6.07 Å². The molecule has 1 aromatic heterocycles. The third-order valence-electron chi connectivity index (χ3n) is 3.01. The minimum Gasteiger partial charge on any atom is -0.491 e. The Balaban J connectivity index is 1.89. The lowest BCUT2D eigenvalue weighted by Gasteiger charge is -2.18. The Labute approximate surface area is 120 Å². The van der Waals surface area contributed by atoms with Gasteiger partial charge < -0.3 is 14.7 Å². The third-order valence-corrected chi connectivity index (χ3v) is 4.53. The van der Waals surface area contributed by atoms with E-state index in [1.165, 1.54) is 11.3 Å². The van der Waals surface area contributed by atoms with E-state index in [0.717, 1.165) is 29.5 Å². The molecule has 0 unspecified atom stereocenters. The van der Waals surface area contributed by atoms with Crippen LogP contribution >= 0.6 is 22.9 Å². The number of hydrogen-bond donors (Lipinski definition) is 1. The van der Waals surface area contributed by atoms with E-state index in [2.05, 4.69) is 16.0 Å². The molecule has 100 valence electrons. The van der Waals surface area contributed by atoms with Gasteiger partial charge in [0.25, 0.3) is 0 Å². The fourth-order valence-corrected chi connectivity index (χ4v) is 3.19. The number of nitrogens with zero attached hydrogens (tertiary/aromatic N) is 2. The zero-order valence-corrected chi connectivity index (χ0v) is 11.7. The first-order valence-corrected chi connectivity index (χ1v) is 7.19. The summed E-state index contributed by atoms with van der Waals surface area (Å²) in [4.78, 5) is 7.14. The molecule has 0 saturated heterocycles. The van der Waals surface area contributed by atoms with Gasteiger partial charge in [0.2, 0.25) is 0 Å². The van der Waals surface area contributed by atoms with Crippen LogP contribution in [-0.2, 0) is 13.2 Å². The van der Waals surface area contributed by atoms with Crippen LogP contribution in [0.2, 0.25) is 5.15 Å². The van der Waals surface area contributed by atoms with Crippen LogP contribution in [0, 0.1) is 0 Å². The van der Waals surface area contributed by atoms with Crippen molar-refractivity contribution in [2.45, 2.75) is 13.2 Å². The van der Waals surface area contributed by atoms with Crippen molar-refractivity contribution in [1.82, 2.24) is 4.98 Å². The highest BCUT2D eigenvalue weighted by molar-refractivity contribution is 7.16. The lowest BCUT2D eigenvalue weighted by Crippen LogP contribution is -2.24. The van der Waals surface area contributed by atoms with Gasteiger partial charge in [-0.1, -0.05) is 41.1 Å². The van der Waals surface area contributed by atoms with Crippen molar-refractivity contribution >= 4 is 28.1 Å². The summed E-state index contributed by atoms with van der Waals surface area (Å²) in [6.07, 6.45) is 0. The maximum absolute atomic E-state index is 9.19. The maximum atomic E-state index is 9.19. The van der Waals surface area contributed by atoms with Crippen LogP contribution in [0.3, 0.4) is 0 Å². The highest BCUT2D eigenvalue weighted by Gasteiger charge is 2.19. The molecule has 0 amide bonds. The zero-order valence-electron chi connectivity index (χ0n) is 10.2. The topological polar surface area (TPSA) is 45.6 Å². The van der Waals surface area contributed by atoms with Crippen molar-refractivity contribution < 1.29 is 9.84 Å². The Morgan fingerprint density at radius 1 is 1.42 bits per heavy atom. The van der Waals surface area contributed by atoms with Gasteiger partial charge in [0.05, 0.1) is 18.0 Å². The first-order chi connectivity index (χ1) is 9.28. The monoisotopic (exact) mass is 296 g/mol. The van der Waals surface area contributed by atoms with Gasteiger partial charge in [-0.3, -0.25) is 0 Å². The Hall–Kier alpha value is -1.30. The number of thiazole rings is 1.